The van der Waals surface area contributed by atoms with Crippen molar-refractivity contribution in [3.63, 3.8) is 0 Å². The largest absolute Gasteiger partial charge is 0.388 e. The third-order valence-corrected chi connectivity index (χ3v) is 5.23. The summed E-state index contributed by atoms with van der Waals surface area (Å²) in [5.41, 5.74) is 4.23. The molecule has 4 atom stereocenters. The maximum Gasteiger partial charge on any atom is 0.129 e. The van der Waals surface area contributed by atoms with Crippen molar-refractivity contribution >= 4 is 0 Å². The van der Waals surface area contributed by atoms with E-state index in [1.165, 1.54) is 17.2 Å². The molecule has 0 amide bonds. The van der Waals surface area contributed by atoms with Crippen LogP contribution in [0.3, 0.4) is 0 Å². The zero-order valence-electron chi connectivity index (χ0n) is 12.1. The number of aliphatic hydroxyl groups is 1. The van der Waals surface area contributed by atoms with E-state index in [1.54, 1.807) is 12.1 Å². The smallest absolute Gasteiger partial charge is 0.129 e. The molecule has 1 nitrogen and oxygen atoms in total. The Morgan fingerprint density at radius 1 is 1.19 bits per heavy atom. The van der Waals surface area contributed by atoms with Crippen molar-refractivity contribution in [3.05, 3.63) is 70.5 Å². The van der Waals surface area contributed by atoms with E-state index < -0.39 is 6.10 Å². The lowest BCUT2D eigenvalue weighted by atomic mass is 9.92. The van der Waals surface area contributed by atoms with Crippen molar-refractivity contribution in [1.29, 1.82) is 0 Å². The molecule has 0 spiro atoms. The molecule has 0 aliphatic heterocycles. The van der Waals surface area contributed by atoms with Crippen molar-refractivity contribution in [1.82, 2.24) is 0 Å². The summed E-state index contributed by atoms with van der Waals surface area (Å²) in [6, 6.07) is 13.5. The van der Waals surface area contributed by atoms with Crippen molar-refractivity contribution in [3.8, 4) is 0 Å². The summed E-state index contributed by atoms with van der Waals surface area (Å²) in [5, 5.41) is 10.7. The molecule has 0 radical (unpaired) electrons. The zero-order valence-corrected chi connectivity index (χ0v) is 12.1. The topological polar surface area (TPSA) is 20.2 Å². The lowest BCUT2D eigenvalue weighted by molar-refractivity contribution is 0.140. The van der Waals surface area contributed by atoms with Crippen molar-refractivity contribution in [2.75, 3.05) is 0 Å². The lowest BCUT2D eigenvalue weighted by Crippen LogP contribution is -2.05. The molecule has 2 aliphatic rings. The van der Waals surface area contributed by atoms with Gasteiger partial charge in [-0.25, -0.2) is 4.39 Å². The third kappa shape index (κ3) is 2.01. The highest BCUT2D eigenvalue weighted by Crippen LogP contribution is 2.64. The van der Waals surface area contributed by atoms with Gasteiger partial charge in [-0.15, -0.1) is 0 Å². The standard InChI is InChI=1S/C19H19FO/c1-11-6-9-16(20)15(10-11)19(21)18-14-8-7-12-4-2-3-5-13(12)17(14)18/h2-6,9-10,14,17-19,21H,7-8H2,1H3. The third-order valence-electron chi connectivity index (χ3n) is 5.23. The zero-order chi connectivity index (χ0) is 14.6. The monoisotopic (exact) mass is 282 g/mol. The average Bonchev–Trinajstić information content (AvgIpc) is 3.24. The van der Waals surface area contributed by atoms with E-state index in [1.807, 2.05) is 6.92 Å². The van der Waals surface area contributed by atoms with Gasteiger partial charge in [0.2, 0.25) is 0 Å². The van der Waals surface area contributed by atoms with Gasteiger partial charge in [0.1, 0.15) is 5.82 Å². The van der Waals surface area contributed by atoms with E-state index in [9.17, 15) is 9.50 Å². The van der Waals surface area contributed by atoms with Crippen LogP contribution in [-0.2, 0) is 6.42 Å². The second kappa shape index (κ2) is 4.67. The summed E-state index contributed by atoms with van der Waals surface area (Å²) in [7, 11) is 0. The van der Waals surface area contributed by atoms with Crippen LogP contribution in [0.5, 0.6) is 0 Å². The highest BCUT2D eigenvalue weighted by Gasteiger charge is 2.56. The predicted octanol–water partition coefficient (Wildman–Crippen LogP) is 4.14. The molecule has 0 saturated heterocycles. The molecule has 4 rings (SSSR count). The lowest BCUT2D eigenvalue weighted by Gasteiger charge is -2.14. The molecular weight excluding hydrogens is 263 g/mol. The maximum absolute atomic E-state index is 14.0. The Bertz CT molecular complexity index is 694. The van der Waals surface area contributed by atoms with Crippen LogP contribution in [0.2, 0.25) is 0 Å². The Morgan fingerprint density at radius 3 is 2.86 bits per heavy atom. The minimum Gasteiger partial charge on any atom is -0.388 e. The first kappa shape index (κ1) is 13.0. The number of hydrogen-bond donors (Lipinski definition) is 1. The molecule has 2 aromatic rings. The first-order valence-electron chi connectivity index (χ1n) is 7.69. The number of rotatable bonds is 2. The van der Waals surface area contributed by atoms with Crippen LogP contribution < -0.4 is 0 Å². The van der Waals surface area contributed by atoms with Crippen molar-refractivity contribution < 1.29 is 9.50 Å². The van der Waals surface area contributed by atoms with Gasteiger partial charge in [0.25, 0.3) is 0 Å². The predicted molar refractivity (Wildman–Crippen MR) is 80.6 cm³/mol. The Labute approximate surface area is 124 Å². The van der Waals surface area contributed by atoms with Crippen LogP contribution in [0.4, 0.5) is 4.39 Å². The van der Waals surface area contributed by atoms with E-state index in [2.05, 4.69) is 24.3 Å². The molecule has 0 aromatic heterocycles. The van der Waals surface area contributed by atoms with E-state index in [4.69, 9.17) is 0 Å². The molecule has 4 unspecified atom stereocenters. The van der Waals surface area contributed by atoms with E-state index in [0.29, 0.717) is 17.4 Å². The first-order chi connectivity index (χ1) is 10.2. The summed E-state index contributed by atoms with van der Waals surface area (Å²) >= 11 is 0. The summed E-state index contributed by atoms with van der Waals surface area (Å²) < 4.78 is 14.0. The fourth-order valence-electron chi connectivity index (χ4n) is 4.15. The molecule has 2 aliphatic carbocycles. The van der Waals surface area contributed by atoms with Gasteiger partial charge in [-0.05, 0) is 54.7 Å². The minimum absolute atomic E-state index is 0.171. The van der Waals surface area contributed by atoms with Crippen LogP contribution in [0.25, 0.3) is 0 Å². The Morgan fingerprint density at radius 2 is 2.00 bits per heavy atom. The fourth-order valence-corrected chi connectivity index (χ4v) is 4.15. The van der Waals surface area contributed by atoms with Gasteiger partial charge >= 0.3 is 0 Å². The normalized spacial score (nSPS) is 27.7. The van der Waals surface area contributed by atoms with Crippen LogP contribution in [0.15, 0.2) is 42.5 Å². The summed E-state index contributed by atoms with van der Waals surface area (Å²) in [4.78, 5) is 0. The van der Waals surface area contributed by atoms with Gasteiger partial charge in [0.15, 0.2) is 0 Å². The van der Waals surface area contributed by atoms with Crippen LogP contribution in [0.1, 0.15) is 40.7 Å². The summed E-state index contributed by atoms with van der Waals surface area (Å²) in [6.07, 6.45) is 1.50. The molecule has 2 aromatic carbocycles. The second-order valence-electron chi connectivity index (χ2n) is 6.47. The minimum atomic E-state index is -0.689. The molecule has 0 bridgehead atoms. The van der Waals surface area contributed by atoms with Crippen molar-refractivity contribution in [2.24, 2.45) is 11.8 Å². The average molecular weight is 282 g/mol. The number of hydrogen-bond acceptors (Lipinski definition) is 1. The molecule has 2 heteroatoms. The second-order valence-corrected chi connectivity index (χ2v) is 6.47. The number of benzene rings is 2. The molecule has 108 valence electrons. The molecule has 1 saturated carbocycles. The Kier molecular flexibility index (Phi) is 2.90. The maximum atomic E-state index is 14.0. The molecular formula is C19H19FO. The van der Waals surface area contributed by atoms with Gasteiger partial charge in [-0.3, -0.25) is 0 Å². The highest BCUT2D eigenvalue weighted by molar-refractivity contribution is 5.41. The molecule has 0 heterocycles. The SMILES string of the molecule is Cc1ccc(F)c(C(O)C2C3CCc4ccccc4C32)c1. The Balaban J connectivity index is 1.66. The van der Waals surface area contributed by atoms with Crippen LogP contribution >= 0.6 is 0 Å². The van der Waals surface area contributed by atoms with Gasteiger partial charge in [-0.2, -0.15) is 0 Å². The summed E-state index contributed by atoms with van der Waals surface area (Å²) in [5.74, 6) is 0.801. The van der Waals surface area contributed by atoms with Gasteiger partial charge in [0.05, 0.1) is 6.10 Å². The molecule has 21 heavy (non-hydrogen) atoms. The summed E-state index contributed by atoms with van der Waals surface area (Å²) in [6.45, 7) is 1.94. The van der Waals surface area contributed by atoms with Gasteiger partial charge < -0.3 is 5.11 Å². The number of fused-ring (bicyclic) bond motifs is 3. The highest BCUT2D eigenvalue weighted by atomic mass is 19.1. The van der Waals surface area contributed by atoms with Crippen LogP contribution in [-0.4, -0.2) is 5.11 Å². The number of aliphatic hydroxyl groups excluding tert-OH is 1. The van der Waals surface area contributed by atoms with E-state index >= 15 is 0 Å². The first-order valence-corrected chi connectivity index (χ1v) is 7.69. The number of aryl methyl sites for hydroxylation is 2. The molecule has 1 fully saturated rings. The quantitative estimate of drug-likeness (QED) is 0.877. The Hall–Kier alpha value is -1.67. The van der Waals surface area contributed by atoms with E-state index in [-0.39, 0.29) is 11.7 Å². The van der Waals surface area contributed by atoms with E-state index in [0.717, 1.165) is 18.4 Å². The van der Waals surface area contributed by atoms with Gasteiger partial charge in [0, 0.05) is 5.56 Å². The number of halogens is 1. The van der Waals surface area contributed by atoms with Gasteiger partial charge in [-0.1, -0.05) is 42.0 Å². The molecule has 1 N–H and O–H groups in total. The van der Waals surface area contributed by atoms with Crippen molar-refractivity contribution in [2.45, 2.75) is 31.8 Å². The van der Waals surface area contributed by atoms with Crippen LogP contribution in [0, 0.1) is 24.6 Å². The fraction of sp³-hybridized carbons (Fsp3) is 0.368.